The van der Waals surface area contributed by atoms with E-state index in [9.17, 15) is 13.2 Å². The first-order valence-corrected chi connectivity index (χ1v) is 12.0. The second-order valence-electron chi connectivity index (χ2n) is 6.98. The molecule has 0 aromatic heterocycles. The summed E-state index contributed by atoms with van der Waals surface area (Å²) in [6, 6.07) is 17.4. The molecular formula is C22H22Cl2N2O3S. The molecular weight excluding hydrogens is 443 g/mol. The topological polar surface area (TPSA) is 66.5 Å². The van der Waals surface area contributed by atoms with Crippen LogP contribution in [0.15, 0.2) is 60.7 Å². The van der Waals surface area contributed by atoms with Crippen molar-refractivity contribution in [1.29, 1.82) is 0 Å². The van der Waals surface area contributed by atoms with Crippen LogP contribution in [-0.4, -0.2) is 26.6 Å². The van der Waals surface area contributed by atoms with Gasteiger partial charge in [0.05, 0.1) is 17.0 Å². The molecule has 0 radical (unpaired) electrons. The Morgan fingerprint density at radius 2 is 1.73 bits per heavy atom. The number of hydrogen-bond acceptors (Lipinski definition) is 3. The van der Waals surface area contributed by atoms with E-state index in [1.807, 2.05) is 42.5 Å². The van der Waals surface area contributed by atoms with Crippen LogP contribution in [0.1, 0.15) is 18.9 Å². The zero-order chi connectivity index (χ0) is 21.9. The molecule has 3 aromatic rings. The SMILES string of the molecule is CCC(C(=O)NCc1ccc2ccccc2c1)N(c1cc(Cl)ccc1Cl)S(C)(=O)=O. The van der Waals surface area contributed by atoms with Crippen LogP contribution >= 0.6 is 23.2 Å². The summed E-state index contributed by atoms with van der Waals surface area (Å²) in [6.45, 7) is 2.03. The van der Waals surface area contributed by atoms with Gasteiger partial charge in [-0.15, -0.1) is 0 Å². The quantitative estimate of drug-likeness (QED) is 0.534. The van der Waals surface area contributed by atoms with Crippen molar-refractivity contribution in [2.45, 2.75) is 25.9 Å². The number of anilines is 1. The van der Waals surface area contributed by atoms with Crippen molar-refractivity contribution >= 4 is 55.6 Å². The molecule has 1 unspecified atom stereocenters. The van der Waals surface area contributed by atoms with Crippen molar-refractivity contribution in [1.82, 2.24) is 5.32 Å². The van der Waals surface area contributed by atoms with E-state index in [2.05, 4.69) is 5.32 Å². The first-order chi connectivity index (χ1) is 14.2. The van der Waals surface area contributed by atoms with Crippen LogP contribution < -0.4 is 9.62 Å². The minimum absolute atomic E-state index is 0.180. The second-order valence-corrected chi connectivity index (χ2v) is 9.68. The van der Waals surface area contributed by atoms with Crippen LogP contribution in [0, 0.1) is 0 Å². The van der Waals surface area contributed by atoms with E-state index in [1.165, 1.54) is 12.1 Å². The van der Waals surface area contributed by atoms with Gasteiger partial charge in [0, 0.05) is 11.6 Å². The summed E-state index contributed by atoms with van der Waals surface area (Å²) in [4.78, 5) is 13.0. The van der Waals surface area contributed by atoms with Crippen molar-refractivity contribution < 1.29 is 13.2 Å². The molecule has 1 atom stereocenters. The highest BCUT2D eigenvalue weighted by Gasteiger charge is 2.32. The Kier molecular flexibility index (Phi) is 6.91. The van der Waals surface area contributed by atoms with Gasteiger partial charge in [-0.2, -0.15) is 0 Å². The Balaban J connectivity index is 1.85. The number of sulfonamides is 1. The highest BCUT2D eigenvalue weighted by atomic mass is 35.5. The highest BCUT2D eigenvalue weighted by molar-refractivity contribution is 7.92. The summed E-state index contributed by atoms with van der Waals surface area (Å²) in [5, 5.41) is 5.56. The van der Waals surface area contributed by atoms with Gasteiger partial charge in [-0.1, -0.05) is 66.5 Å². The molecule has 0 saturated carbocycles. The number of rotatable bonds is 7. The summed E-state index contributed by atoms with van der Waals surface area (Å²) in [6.07, 6.45) is 1.31. The van der Waals surface area contributed by atoms with Crippen molar-refractivity contribution in [2.24, 2.45) is 0 Å². The monoisotopic (exact) mass is 464 g/mol. The number of halogens is 2. The van der Waals surface area contributed by atoms with Crippen LogP contribution in [0.4, 0.5) is 5.69 Å². The van der Waals surface area contributed by atoms with Crippen molar-refractivity contribution in [3.05, 3.63) is 76.3 Å². The summed E-state index contributed by atoms with van der Waals surface area (Å²) >= 11 is 12.3. The zero-order valence-electron chi connectivity index (χ0n) is 16.6. The molecule has 0 aliphatic heterocycles. The van der Waals surface area contributed by atoms with E-state index in [1.54, 1.807) is 13.0 Å². The molecule has 3 aromatic carbocycles. The van der Waals surface area contributed by atoms with E-state index in [0.29, 0.717) is 5.02 Å². The number of nitrogens with one attached hydrogen (secondary N) is 1. The average molecular weight is 465 g/mol. The van der Waals surface area contributed by atoms with E-state index >= 15 is 0 Å². The number of benzene rings is 3. The van der Waals surface area contributed by atoms with E-state index < -0.39 is 22.0 Å². The normalized spacial score (nSPS) is 12.5. The maximum Gasteiger partial charge on any atom is 0.244 e. The predicted molar refractivity (Wildman–Crippen MR) is 124 cm³/mol. The second kappa shape index (κ2) is 9.25. The van der Waals surface area contributed by atoms with Crippen LogP contribution in [0.25, 0.3) is 10.8 Å². The maximum atomic E-state index is 13.0. The third-order valence-corrected chi connectivity index (χ3v) is 6.48. The first kappa shape index (κ1) is 22.4. The molecule has 0 fully saturated rings. The molecule has 0 aliphatic carbocycles. The van der Waals surface area contributed by atoms with Gasteiger partial charge < -0.3 is 5.32 Å². The Morgan fingerprint density at radius 1 is 1.03 bits per heavy atom. The molecule has 0 heterocycles. The third-order valence-electron chi connectivity index (χ3n) is 4.76. The lowest BCUT2D eigenvalue weighted by atomic mass is 10.1. The van der Waals surface area contributed by atoms with Gasteiger partial charge in [0.1, 0.15) is 6.04 Å². The smallest absolute Gasteiger partial charge is 0.244 e. The highest BCUT2D eigenvalue weighted by Crippen LogP contribution is 2.33. The summed E-state index contributed by atoms with van der Waals surface area (Å²) in [5.41, 5.74) is 1.10. The standard InChI is InChI=1S/C22H22Cl2N2O3S/c1-3-20(26(30(2,28)29)21-13-18(23)10-11-19(21)24)22(27)25-14-15-8-9-16-6-4-5-7-17(16)12-15/h4-13,20H,3,14H2,1-2H3,(H,25,27). The lowest BCUT2D eigenvalue weighted by Crippen LogP contribution is -2.49. The summed E-state index contributed by atoms with van der Waals surface area (Å²) in [5.74, 6) is -0.410. The molecule has 0 spiro atoms. The molecule has 30 heavy (non-hydrogen) atoms. The Morgan fingerprint density at radius 3 is 2.40 bits per heavy atom. The summed E-state index contributed by atoms with van der Waals surface area (Å²) < 4.78 is 26.2. The number of fused-ring (bicyclic) bond motifs is 1. The number of carbonyl (C=O) groups is 1. The fraction of sp³-hybridized carbons (Fsp3) is 0.227. The minimum Gasteiger partial charge on any atom is -0.350 e. The molecule has 1 amide bonds. The van der Waals surface area contributed by atoms with Crippen molar-refractivity contribution in [3.63, 3.8) is 0 Å². The van der Waals surface area contributed by atoms with E-state index in [-0.39, 0.29) is 23.7 Å². The van der Waals surface area contributed by atoms with Gasteiger partial charge in [0.25, 0.3) is 0 Å². The molecule has 158 valence electrons. The number of nitrogens with zero attached hydrogens (tertiary/aromatic N) is 1. The summed E-state index contributed by atoms with van der Waals surface area (Å²) in [7, 11) is -3.80. The molecule has 0 saturated heterocycles. The fourth-order valence-electron chi connectivity index (χ4n) is 3.35. The number of carbonyl (C=O) groups excluding carboxylic acids is 1. The van der Waals surface area contributed by atoms with Crippen LogP contribution in [0.5, 0.6) is 0 Å². The maximum absolute atomic E-state index is 13.0. The predicted octanol–water partition coefficient (Wildman–Crippen LogP) is 5.01. The lowest BCUT2D eigenvalue weighted by Gasteiger charge is -2.30. The molecule has 0 aliphatic rings. The largest absolute Gasteiger partial charge is 0.350 e. The first-order valence-electron chi connectivity index (χ1n) is 9.40. The third kappa shape index (κ3) is 5.06. The minimum atomic E-state index is -3.80. The van der Waals surface area contributed by atoms with E-state index in [0.717, 1.165) is 26.9 Å². The molecule has 3 rings (SSSR count). The van der Waals surface area contributed by atoms with Crippen LogP contribution in [0.3, 0.4) is 0 Å². The Hall–Kier alpha value is -2.28. The Bertz CT molecular complexity index is 1180. The van der Waals surface area contributed by atoms with Crippen LogP contribution in [-0.2, 0) is 21.4 Å². The van der Waals surface area contributed by atoms with Crippen molar-refractivity contribution in [3.8, 4) is 0 Å². The van der Waals surface area contributed by atoms with Gasteiger partial charge in [-0.25, -0.2) is 8.42 Å². The van der Waals surface area contributed by atoms with Gasteiger partial charge >= 0.3 is 0 Å². The molecule has 5 nitrogen and oxygen atoms in total. The number of amides is 1. The Labute approximate surface area is 186 Å². The fourth-order valence-corrected chi connectivity index (χ4v) is 4.99. The lowest BCUT2D eigenvalue weighted by molar-refractivity contribution is -0.122. The molecule has 0 bridgehead atoms. The van der Waals surface area contributed by atoms with Gasteiger partial charge in [0.15, 0.2) is 0 Å². The molecule has 1 N–H and O–H groups in total. The van der Waals surface area contributed by atoms with Crippen molar-refractivity contribution in [2.75, 3.05) is 10.6 Å². The van der Waals surface area contributed by atoms with E-state index in [4.69, 9.17) is 23.2 Å². The van der Waals surface area contributed by atoms with Gasteiger partial charge in [-0.05, 0) is 47.0 Å². The number of hydrogen-bond donors (Lipinski definition) is 1. The van der Waals surface area contributed by atoms with Gasteiger partial charge in [-0.3, -0.25) is 9.10 Å². The molecule has 8 heteroatoms. The van der Waals surface area contributed by atoms with Gasteiger partial charge in [0.2, 0.25) is 15.9 Å². The van der Waals surface area contributed by atoms with Crippen LogP contribution in [0.2, 0.25) is 10.0 Å². The zero-order valence-corrected chi connectivity index (χ0v) is 18.9. The average Bonchev–Trinajstić information content (AvgIpc) is 2.71.